The average Bonchev–Trinajstić information content (AvgIpc) is 2.31. The van der Waals surface area contributed by atoms with Crippen LogP contribution in [0.1, 0.15) is 0 Å². The molecule has 1 N–H and O–H groups in total. The fourth-order valence-corrected chi connectivity index (χ4v) is 2.37. The van der Waals surface area contributed by atoms with E-state index in [2.05, 4.69) is 20.3 Å². The third kappa shape index (κ3) is 1.09. The number of H-pyrrole nitrogens is 1. The molecule has 5 heteroatoms. The lowest BCUT2D eigenvalue weighted by molar-refractivity contribution is 0.638. The molecule has 1 aromatic carbocycles. The molecule has 12 heavy (non-hydrogen) atoms. The van der Waals surface area contributed by atoms with Crippen molar-refractivity contribution in [3.8, 4) is 0 Å². The van der Waals surface area contributed by atoms with E-state index in [4.69, 9.17) is 0 Å². The topological polar surface area (TPSA) is 32.9 Å². The lowest BCUT2D eigenvalue weighted by Crippen LogP contribution is -1.98. The Morgan fingerprint density at radius 2 is 2.25 bits per heavy atom. The second kappa shape index (κ2) is 2.67. The first-order valence-corrected chi connectivity index (χ1v) is 4.75. The highest BCUT2D eigenvalue weighted by molar-refractivity contribution is 9.10. The van der Waals surface area contributed by atoms with Gasteiger partial charge in [0, 0.05) is 4.47 Å². The maximum atomic E-state index is 13.1. The van der Waals surface area contributed by atoms with Gasteiger partial charge < -0.3 is 0 Å². The van der Waals surface area contributed by atoms with Crippen molar-refractivity contribution < 1.29 is 4.39 Å². The lowest BCUT2D eigenvalue weighted by atomic mass is 10.3. The highest BCUT2D eigenvalue weighted by Gasteiger charge is 2.07. The highest BCUT2D eigenvalue weighted by atomic mass is 79.9. The molecule has 1 heterocycles. The Morgan fingerprint density at radius 1 is 1.50 bits per heavy atom. The van der Waals surface area contributed by atoms with E-state index in [0.717, 1.165) is 11.5 Å². The van der Waals surface area contributed by atoms with Gasteiger partial charge in [0.05, 0.1) is 10.1 Å². The molecule has 2 nitrogen and oxygen atoms in total. The predicted octanol–water partition coefficient (Wildman–Crippen LogP) is 2.49. The van der Waals surface area contributed by atoms with Crippen molar-refractivity contribution in [1.82, 2.24) is 4.37 Å². The summed E-state index contributed by atoms with van der Waals surface area (Å²) in [5.41, 5.74) is -0.361. The number of fused-ring (bicyclic) bond motifs is 1. The highest BCUT2D eigenvalue weighted by Crippen LogP contribution is 2.22. The Labute approximate surface area is 79.3 Å². The van der Waals surface area contributed by atoms with E-state index >= 15 is 0 Å². The molecule has 0 aliphatic heterocycles. The summed E-state index contributed by atoms with van der Waals surface area (Å²) in [4.78, 5) is 11.0. The molecule has 0 saturated carbocycles. The largest absolute Gasteiger partial charge is 0.277 e. The minimum Gasteiger partial charge on any atom is -0.277 e. The molecular formula is C7H3BrFNOS. The molecule has 0 spiro atoms. The van der Waals surface area contributed by atoms with Crippen LogP contribution in [0, 0.1) is 5.82 Å². The minimum atomic E-state index is -0.484. The van der Waals surface area contributed by atoms with Crippen LogP contribution in [0.2, 0.25) is 0 Å². The van der Waals surface area contributed by atoms with Gasteiger partial charge in [0.2, 0.25) is 0 Å². The number of aromatic amines is 1. The molecule has 1 aromatic heterocycles. The van der Waals surface area contributed by atoms with Crippen LogP contribution in [-0.2, 0) is 0 Å². The van der Waals surface area contributed by atoms with Gasteiger partial charge in [0.15, 0.2) is 0 Å². The fourth-order valence-electron chi connectivity index (χ4n) is 1.00. The Morgan fingerprint density at radius 3 is 3.00 bits per heavy atom. The average molecular weight is 248 g/mol. The molecule has 0 saturated heterocycles. The van der Waals surface area contributed by atoms with Crippen LogP contribution in [0.3, 0.4) is 0 Å². The molecule has 0 aliphatic rings. The van der Waals surface area contributed by atoms with Crippen molar-refractivity contribution in [1.29, 1.82) is 0 Å². The first-order valence-electron chi connectivity index (χ1n) is 3.15. The maximum absolute atomic E-state index is 13.1. The number of hydrogen-bond acceptors (Lipinski definition) is 2. The Balaban J connectivity index is 3.03. The maximum Gasteiger partial charge on any atom is 0.268 e. The number of benzene rings is 1. The van der Waals surface area contributed by atoms with Gasteiger partial charge in [-0.15, -0.1) is 0 Å². The summed E-state index contributed by atoms with van der Waals surface area (Å²) in [5.74, 6) is -0.484. The molecule has 2 aromatic rings. The normalized spacial score (nSPS) is 10.8. The summed E-state index contributed by atoms with van der Waals surface area (Å²) >= 11 is 4.28. The first kappa shape index (κ1) is 7.94. The molecule has 0 amide bonds. The van der Waals surface area contributed by atoms with E-state index < -0.39 is 5.82 Å². The molecule has 0 unspecified atom stereocenters. The molecule has 0 aliphatic carbocycles. The monoisotopic (exact) mass is 247 g/mol. The van der Waals surface area contributed by atoms with Crippen LogP contribution >= 0.6 is 27.5 Å². The van der Waals surface area contributed by atoms with Crippen LogP contribution < -0.4 is 5.56 Å². The molecule has 0 fully saturated rings. The van der Waals surface area contributed by atoms with Gasteiger partial charge in [-0.3, -0.25) is 9.17 Å². The second-order valence-electron chi connectivity index (χ2n) is 2.29. The van der Waals surface area contributed by atoms with Crippen LogP contribution in [0.5, 0.6) is 0 Å². The van der Waals surface area contributed by atoms with E-state index in [9.17, 15) is 9.18 Å². The molecule has 0 radical (unpaired) electrons. The van der Waals surface area contributed by atoms with Crippen molar-refractivity contribution >= 4 is 37.5 Å². The smallest absolute Gasteiger partial charge is 0.268 e. The Hall–Kier alpha value is -0.680. The quantitative estimate of drug-likeness (QED) is 0.763. The molecule has 0 atom stereocenters. The van der Waals surface area contributed by atoms with Gasteiger partial charge in [-0.05, 0) is 12.1 Å². The van der Waals surface area contributed by atoms with Gasteiger partial charge in [0.25, 0.3) is 5.56 Å². The second-order valence-corrected chi connectivity index (χ2v) is 4.06. The standard InChI is InChI=1S/C7H3BrFNOS/c8-3-1-4(9)6-5(2-3)12-10-7(6)11/h1-2H,(H,10,11). The summed E-state index contributed by atoms with van der Waals surface area (Å²) in [6.45, 7) is 0. The first-order chi connectivity index (χ1) is 5.68. The molecule has 62 valence electrons. The number of nitrogens with one attached hydrogen (secondary N) is 1. The van der Waals surface area contributed by atoms with Crippen molar-refractivity contribution in [2.75, 3.05) is 0 Å². The van der Waals surface area contributed by atoms with Crippen molar-refractivity contribution in [3.05, 3.63) is 32.8 Å². The van der Waals surface area contributed by atoms with Crippen LogP contribution in [0.25, 0.3) is 10.1 Å². The zero-order chi connectivity index (χ0) is 8.72. The molecule has 0 bridgehead atoms. The summed E-state index contributed by atoms with van der Waals surface area (Å²) in [5, 5.41) is 0.142. The Kier molecular flexibility index (Phi) is 1.77. The van der Waals surface area contributed by atoms with Gasteiger partial charge in [-0.25, -0.2) is 4.39 Å². The number of rotatable bonds is 0. The lowest BCUT2D eigenvalue weighted by Gasteiger charge is -1.91. The van der Waals surface area contributed by atoms with E-state index in [1.165, 1.54) is 6.07 Å². The SMILES string of the molecule is O=c1[nH]sc2cc(Br)cc(F)c12. The summed E-state index contributed by atoms with van der Waals surface area (Å²) < 4.78 is 16.8. The number of aromatic nitrogens is 1. The summed E-state index contributed by atoms with van der Waals surface area (Å²) in [6, 6.07) is 2.99. The van der Waals surface area contributed by atoms with Gasteiger partial charge in [-0.1, -0.05) is 27.5 Å². The van der Waals surface area contributed by atoms with Gasteiger partial charge in [-0.2, -0.15) is 0 Å². The minimum absolute atomic E-state index is 0.142. The zero-order valence-corrected chi connectivity index (χ0v) is 8.13. The Bertz CT molecular complexity index is 490. The van der Waals surface area contributed by atoms with Crippen LogP contribution in [-0.4, -0.2) is 4.37 Å². The van der Waals surface area contributed by atoms with E-state index in [1.807, 2.05) is 0 Å². The zero-order valence-electron chi connectivity index (χ0n) is 5.73. The van der Waals surface area contributed by atoms with Crippen molar-refractivity contribution in [2.45, 2.75) is 0 Å². The summed E-state index contributed by atoms with van der Waals surface area (Å²) in [7, 11) is 0. The number of hydrogen-bond donors (Lipinski definition) is 1. The van der Waals surface area contributed by atoms with Crippen LogP contribution in [0.15, 0.2) is 21.4 Å². The van der Waals surface area contributed by atoms with Crippen LogP contribution in [0.4, 0.5) is 4.39 Å². The van der Waals surface area contributed by atoms with Crippen molar-refractivity contribution in [3.63, 3.8) is 0 Å². The predicted molar refractivity (Wildman–Crippen MR) is 50.1 cm³/mol. The van der Waals surface area contributed by atoms with E-state index in [1.54, 1.807) is 6.07 Å². The fraction of sp³-hybridized carbons (Fsp3) is 0. The van der Waals surface area contributed by atoms with Gasteiger partial charge >= 0.3 is 0 Å². The van der Waals surface area contributed by atoms with E-state index in [0.29, 0.717) is 9.17 Å². The van der Waals surface area contributed by atoms with E-state index in [-0.39, 0.29) is 10.9 Å². The van der Waals surface area contributed by atoms with Crippen molar-refractivity contribution in [2.24, 2.45) is 0 Å². The van der Waals surface area contributed by atoms with Gasteiger partial charge in [0.1, 0.15) is 5.82 Å². The summed E-state index contributed by atoms with van der Waals surface area (Å²) in [6.07, 6.45) is 0. The third-order valence-electron chi connectivity index (χ3n) is 1.50. The third-order valence-corrected chi connectivity index (χ3v) is 2.79. The number of halogens is 2. The molecule has 2 rings (SSSR count). The molecular weight excluding hydrogens is 245 g/mol.